The van der Waals surface area contributed by atoms with E-state index in [1.807, 2.05) is 0 Å². The van der Waals surface area contributed by atoms with E-state index in [0.717, 1.165) is 0 Å². The molecule has 1 rings (SSSR count). The molecule has 6 nitrogen and oxygen atoms in total. The number of carbonyl (C=O) groups is 1. The Morgan fingerprint density at radius 1 is 1.58 bits per heavy atom. The van der Waals surface area contributed by atoms with E-state index in [-0.39, 0.29) is 15.9 Å². The molecule has 0 unspecified atom stereocenters. The Kier molecular flexibility index (Phi) is 5.53. The molecule has 0 fully saturated rings. The Labute approximate surface area is 120 Å². The van der Waals surface area contributed by atoms with Gasteiger partial charge in [-0.25, -0.2) is 0 Å². The van der Waals surface area contributed by atoms with Gasteiger partial charge in [-0.2, -0.15) is 5.10 Å². The Morgan fingerprint density at radius 3 is 2.79 bits per heavy atom. The van der Waals surface area contributed by atoms with Crippen LogP contribution < -0.4 is 20.6 Å². The first-order valence-electron chi connectivity index (χ1n) is 5.08. The molecule has 0 saturated carbocycles. The van der Waals surface area contributed by atoms with Gasteiger partial charge in [0.1, 0.15) is 0 Å². The zero-order chi connectivity index (χ0) is 14.4. The van der Waals surface area contributed by atoms with Crippen molar-refractivity contribution >= 4 is 41.1 Å². The van der Waals surface area contributed by atoms with Gasteiger partial charge in [-0.05, 0) is 29.9 Å². The molecule has 3 N–H and O–H groups in total. The predicted octanol–water partition coefficient (Wildman–Crippen LogP) is 1.44. The molecule has 8 heteroatoms. The molecule has 0 atom stereocenters. The number of benzene rings is 1. The number of carbonyl (C=O) groups excluding carboxylic acids is 1. The van der Waals surface area contributed by atoms with Crippen molar-refractivity contribution in [2.45, 2.75) is 6.92 Å². The molecule has 1 aromatic rings. The third-order valence-corrected chi connectivity index (χ3v) is 2.26. The molecular weight excluding hydrogens is 290 g/mol. The smallest absolute Gasteiger partial charge is 0.308 e. The second-order valence-electron chi connectivity index (χ2n) is 3.36. The first-order chi connectivity index (χ1) is 8.93. The van der Waals surface area contributed by atoms with Crippen molar-refractivity contribution in [3.05, 3.63) is 22.7 Å². The number of rotatable bonds is 4. The van der Waals surface area contributed by atoms with Crippen LogP contribution >= 0.6 is 23.8 Å². The minimum absolute atomic E-state index is 0.0471. The lowest BCUT2D eigenvalue weighted by atomic mass is 10.2. The number of halogens is 1. The Balaban J connectivity index is 3.05. The van der Waals surface area contributed by atoms with Gasteiger partial charge >= 0.3 is 5.97 Å². The van der Waals surface area contributed by atoms with Crippen molar-refractivity contribution in [2.24, 2.45) is 10.8 Å². The molecule has 0 aliphatic rings. The second kappa shape index (κ2) is 6.91. The highest BCUT2D eigenvalue weighted by Crippen LogP contribution is 2.36. The second-order valence-corrected chi connectivity index (χ2v) is 4.21. The molecule has 0 amide bonds. The number of nitrogens with two attached hydrogens (primary N) is 1. The van der Waals surface area contributed by atoms with Gasteiger partial charge in [-0.1, -0.05) is 11.6 Å². The molecule has 0 saturated heterocycles. The zero-order valence-electron chi connectivity index (χ0n) is 10.3. The largest absolute Gasteiger partial charge is 0.493 e. The number of esters is 1. The van der Waals surface area contributed by atoms with E-state index in [0.29, 0.717) is 11.3 Å². The lowest BCUT2D eigenvalue weighted by molar-refractivity contribution is -0.132. The van der Waals surface area contributed by atoms with Crippen LogP contribution in [0.15, 0.2) is 17.2 Å². The molecule has 0 aliphatic heterocycles. The minimum Gasteiger partial charge on any atom is -0.493 e. The molecule has 19 heavy (non-hydrogen) atoms. The molecule has 0 aromatic heterocycles. The van der Waals surface area contributed by atoms with Crippen molar-refractivity contribution in [2.75, 3.05) is 7.11 Å². The van der Waals surface area contributed by atoms with Crippen molar-refractivity contribution in [3.8, 4) is 11.5 Å². The van der Waals surface area contributed by atoms with Crippen LogP contribution in [0.5, 0.6) is 11.5 Å². The van der Waals surface area contributed by atoms with Crippen LogP contribution in [0.25, 0.3) is 0 Å². The van der Waals surface area contributed by atoms with Crippen LogP contribution in [-0.4, -0.2) is 24.4 Å². The summed E-state index contributed by atoms with van der Waals surface area (Å²) in [6, 6.07) is 3.17. The van der Waals surface area contributed by atoms with Crippen LogP contribution in [0, 0.1) is 0 Å². The quantitative estimate of drug-likeness (QED) is 0.288. The predicted molar refractivity (Wildman–Crippen MR) is 76.8 cm³/mol. The van der Waals surface area contributed by atoms with Crippen molar-refractivity contribution in [1.29, 1.82) is 0 Å². The molecule has 0 aliphatic carbocycles. The van der Waals surface area contributed by atoms with Gasteiger partial charge in [0.05, 0.1) is 18.3 Å². The number of nitrogens with one attached hydrogen (secondary N) is 1. The number of thiocarbonyl (C=S) groups is 1. The summed E-state index contributed by atoms with van der Waals surface area (Å²) in [7, 11) is 1.44. The van der Waals surface area contributed by atoms with E-state index in [4.69, 9.17) is 26.8 Å². The molecule has 0 radical (unpaired) electrons. The maximum atomic E-state index is 11.0. The lowest BCUT2D eigenvalue weighted by Gasteiger charge is -2.10. The fourth-order valence-electron chi connectivity index (χ4n) is 1.23. The van der Waals surface area contributed by atoms with Gasteiger partial charge in [0.15, 0.2) is 16.6 Å². The molecule has 102 valence electrons. The van der Waals surface area contributed by atoms with E-state index in [2.05, 4.69) is 22.7 Å². The van der Waals surface area contributed by atoms with Gasteiger partial charge in [0.2, 0.25) is 0 Å². The number of methoxy groups -OCH3 is 1. The van der Waals surface area contributed by atoms with E-state index in [9.17, 15) is 4.79 Å². The zero-order valence-corrected chi connectivity index (χ0v) is 11.8. The molecule has 1 aromatic carbocycles. The van der Waals surface area contributed by atoms with Crippen molar-refractivity contribution < 1.29 is 14.3 Å². The normalized spacial score (nSPS) is 10.3. The minimum atomic E-state index is -0.489. The Morgan fingerprint density at radius 2 is 2.26 bits per heavy atom. The summed E-state index contributed by atoms with van der Waals surface area (Å²) in [5.74, 6) is -0.00707. The third kappa shape index (κ3) is 4.72. The summed E-state index contributed by atoms with van der Waals surface area (Å²) in [6.07, 6.45) is 1.45. The third-order valence-electron chi connectivity index (χ3n) is 1.89. The van der Waals surface area contributed by atoms with Gasteiger partial charge in [-0.15, -0.1) is 0 Å². The number of nitrogens with zero attached hydrogens (tertiary/aromatic N) is 1. The summed E-state index contributed by atoms with van der Waals surface area (Å²) in [5, 5.41) is 4.06. The highest BCUT2D eigenvalue weighted by molar-refractivity contribution is 7.80. The molecular formula is C11H12ClN3O3S. The monoisotopic (exact) mass is 301 g/mol. The highest BCUT2D eigenvalue weighted by atomic mass is 35.5. The SMILES string of the molecule is COc1cc(/C=N/NC(N)=S)cc(Cl)c1OC(C)=O. The topological polar surface area (TPSA) is 85.9 Å². The standard InChI is InChI=1S/C11H12ClN3O3S/c1-6(16)18-10-8(12)3-7(4-9(10)17-2)5-14-15-11(13)19/h3-5H,1-2H3,(H3,13,15,19)/b14-5+. The van der Waals surface area contributed by atoms with Gasteiger partial charge in [-0.3, -0.25) is 10.2 Å². The summed E-state index contributed by atoms with van der Waals surface area (Å²) >= 11 is 10.6. The maximum absolute atomic E-state index is 11.0. The van der Waals surface area contributed by atoms with Crippen LogP contribution in [0.1, 0.15) is 12.5 Å². The first kappa shape index (κ1) is 15.2. The number of hydrogen-bond acceptors (Lipinski definition) is 5. The van der Waals surface area contributed by atoms with E-state index < -0.39 is 5.97 Å². The van der Waals surface area contributed by atoms with E-state index in [1.165, 1.54) is 20.2 Å². The average molecular weight is 302 g/mol. The number of hydrazone groups is 1. The van der Waals surface area contributed by atoms with Crippen molar-refractivity contribution in [1.82, 2.24) is 5.43 Å². The van der Waals surface area contributed by atoms with Gasteiger partial charge in [0.25, 0.3) is 0 Å². The van der Waals surface area contributed by atoms with E-state index >= 15 is 0 Å². The fourth-order valence-corrected chi connectivity index (χ4v) is 1.54. The van der Waals surface area contributed by atoms with Crippen molar-refractivity contribution in [3.63, 3.8) is 0 Å². The number of ether oxygens (including phenoxy) is 2. The summed E-state index contributed by atoms with van der Waals surface area (Å²) < 4.78 is 10.1. The summed E-state index contributed by atoms with van der Waals surface area (Å²) in [5.41, 5.74) is 8.25. The average Bonchev–Trinajstić information content (AvgIpc) is 2.31. The highest BCUT2D eigenvalue weighted by Gasteiger charge is 2.13. The van der Waals surface area contributed by atoms with Gasteiger partial charge in [0, 0.05) is 6.92 Å². The number of hydrogen-bond donors (Lipinski definition) is 2. The van der Waals surface area contributed by atoms with E-state index in [1.54, 1.807) is 12.1 Å². The van der Waals surface area contributed by atoms with Crippen LogP contribution in [0.2, 0.25) is 5.02 Å². The summed E-state index contributed by atoms with van der Waals surface area (Å²) in [6.45, 7) is 1.28. The van der Waals surface area contributed by atoms with Crippen LogP contribution in [0.4, 0.5) is 0 Å². The van der Waals surface area contributed by atoms with Crippen LogP contribution in [0.3, 0.4) is 0 Å². The molecule has 0 bridgehead atoms. The first-order valence-corrected chi connectivity index (χ1v) is 5.87. The lowest BCUT2D eigenvalue weighted by Crippen LogP contribution is -2.23. The van der Waals surface area contributed by atoms with Crippen LogP contribution in [-0.2, 0) is 4.79 Å². The Bertz CT molecular complexity index is 534. The molecule has 0 spiro atoms. The molecule has 0 heterocycles. The summed E-state index contributed by atoms with van der Waals surface area (Å²) in [4.78, 5) is 11.0. The van der Waals surface area contributed by atoms with Gasteiger partial charge < -0.3 is 15.2 Å². The fraction of sp³-hybridized carbons (Fsp3) is 0.182. The maximum Gasteiger partial charge on any atom is 0.308 e. The Hall–Kier alpha value is -1.86.